The summed E-state index contributed by atoms with van der Waals surface area (Å²) in [5, 5.41) is 14.8. The molecule has 1 fully saturated rings. The molecule has 0 spiro atoms. The maximum absolute atomic E-state index is 8.38. The van der Waals surface area contributed by atoms with E-state index in [0.717, 1.165) is 12.5 Å². The Morgan fingerprint density at radius 2 is 2.13 bits per heavy atom. The second kappa shape index (κ2) is 6.67. The van der Waals surface area contributed by atoms with Crippen LogP contribution in [-0.4, -0.2) is 23.6 Å². The third kappa shape index (κ3) is 4.51. The van der Waals surface area contributed by atoms with E-state index >= 15 is 0 Å². The summed E-state index contributed by atoms with van der Waals surface area (Å²) in [5.74, 6) is 1.12. The quantitative estimate of drug-likeness (QED) is 0.282. The molecule has 15 heavy (non-hydrogen) atoms. The molecule has 0 aromatic heterocycles. The average Bonchev–Trinajstić information content (AvgIpc) is 2.29. The zero-order valence-electron chi connectivity index (χ0n) is 9.58. The summed E-state index contributed by atoms with van der Waals surface area (Å²) >= 11 is 0. The minimum absolute atomic E-state index is 0.304. The summed E-state index contributed by atoms with van der Waals surface area (Å²) in [5.41, 5.74) is 5.40. The number of hydrogen-bond donors (Lipinski definition) is 3. The van der Waals surface area contributed by atoms with E-state index < -0.39 is 0 Å². The Hall–Kier alpha value is -0.770. The van der Waals surface area contributed by atoms with E-state index in [1.807, 2.05) is 0 Å². The van der Waals surface area contributed by atoms with Crippen molar-refractivity contribution in [2.24, 2.45) is 16.8 Å². The maximum atomic E-state index is 8.38. The molecule has 1 atom stereocenters. The first kappa shape index (κ1) is 12.3. The molecule has 4 nitrogen and oxygen atoms in total. The van der Waals surface area contributed by atoms with Crippen molar-refractivity contribution < 1.29 is 5.21 Å². The van der Waals surface area contributed by atoms with Gasteiger partial charge in [0.05, 0.1) is 0 Å². The number of hydrogen-bond acceptors (Lipinski definition) is 3. The van der Waals surface area contributed by atoms with Gasteiger partial charge in [0.15, 0.2) is 0 Å². The van der Waals surface area contributed by atoms with Crippen LogP contribution in [0.2, 0.25) is 0 Å². The van der Waals surface area contributed by atoms with E-state index in [4.69, 9.17) is 10.9 Å². The fraction of sp³-hybridized carbons (Fsp3) is 0.909. The summed E-state index contributed by atoms with van der Waals surface area (Å²) in [6.07, 6.45) is 7.45. The van der Waals surface area contributed by atoms with Crippen LogP contribution in [0.15, 0.2) is 5.16 Å². The van der Waals surface area contributed by atoms with E-state index in [9.17, 15) is 0 Å². The highest BCUT2D eigenvalue weighted by molar-refractivity contribution is 5.79. The Bertz CT molecular complexity index is 200. The lowest BCUT2D eigenvalue weighted by atomic mass is 9.84. The van der Waals surface area contributed by atoms with Crippen LogP contribution in [0.1, 0.15) is 45.4 Å². The predicted molar refractivity (Wildman–Crippen MR) is 62.1 cm³/mol. The van der Waals surface area contributed by atoms with Crippen molar-refractivity contribution in [3.63, 3.8) is 0 Å². The zero-order chi connectivity index (χ0) is 11.1. The number of nitrogens with two attached hydrogens (primary N) is 1. The molecule has 0 saturated heterocycles. The van der Waals surface area contributed by atoms with Gasteiger partial charge in [-0.2, -0.15) is 0 Å². The molecule has 0 unspecified atom stereocenters. The van der Waals surface area contributed by atoms with E-state index in [0.29, 0.717) is 18.3 Å². The second-order valence-electron chi connectivity index (χ2n) is 4.48. The maximum Gasteiger partial charge on any atom is 0.140 e. The molecule has 4 N–H and O–H groups in total. The van der Waals surface area contributed by atoms with Gasteiger partial charge in [0.1, 0.15) is 5.84 Å². The third-order valence-corrected chi connectivity index (χ3v) is 3.33. The molecule has 0 amide bonds. The predicted octanol–water partition coefficient (Wildman–Crippen LogP) is 1.68. The monoisotopic (exact) mass is 213 g/mol. The van der Waals surface area contributed by atoms with Crippen LogP contribution in [0.25, 0.3) is 0 Å². The third-order valence-electron chi connectivity index (χ3n) is 3.33. The summed E-state index contributed by atoms with van der Waals surface area (Å²) < 4.78 is 0. The van der Waals surface area contributed by atoms with Gasteiger partial charge in [0, 0.05) is 19.0 Å². The van der Waals surface area contributed by atoms with Gasteiger partial charge in [-0.05, 0) is 25.7 Å². The molecule has 0 aromatic carbocycles. The van der Waals surface area contributed by atoms with Gasteiger partial charge in [-0.15, -0.1) is 0 Å². The van der Waals surface area contributed by atoms with Crippen molar-refractivity contribution in [3.05, 3.63) is 0 Å². The summed E-state index contributed by atoms with van der Waals surface area (Å²) in [4.78, 5) is 0. The highest BCUT2D eigenvalue weighted by Crippen LogP contribution is 2.26. The van der Waals surface area contributed by atoms with Crippen LogP contribution in [0, 0.1) is 5.92 Å². The van der Waals surface area contributed by atoms with Gasteiger partial charge in [0.2, 0.25) is 0 Å². The van der Waals surface area contributed by atoms with Crippen LogP contribution in [0.5, 0.6) is 0 Å². The molecule has 1 aliphatic rings. The molecule has 0 radical (unpaired) electrons. The smallest absolute Gasteiger partial charge is 0.140 e. The summed E-state index contributed by atoms with van der Waals surface area (Å²) in [7, 11) is 0. The van der Waals surface area contributed by atoms with Crippen LogP contribution in [-0.2, 0) is 0 Å². The lowest BCUT2D eigenvalue weighted by molar-refractivity contribution is 0.282. The molecular weight excluding hydrogens is 190 g/mol. The average molecular weight is 213 g/mol. The highest BCUT2D eigenvalue weighted by Gasteiger charge is 2.19. The molecule has 0 aromatic rings. The largest absolute Gasteiger partial charge is 0.409 e. The summed E-state index contributed by atoms with van der Waals surface area (Å²) in [6.45, 7) is 3.04. The van der Waals surface area contributed by atoms with E-state index in [2.05, 4.69) is 17.4 Å². The van der Waals surface area contributed by atoms with Gasteiger partial charge in [-0.25, -0.2) is 0 Å². The van der Waals surface area contributed by atoms with Gasteiger partial charge < -0.3 is 16.3 Å². The van der Waals surface area contributed by atoms with Crippen molar-refractivity contribution in [2.45, 2.75) is 51.5 Å². The topological polar surface area (TPSA) is 70.6 Å². The van der Waals surface area contributed by atoms with Gasteiger partial charge in [-0.1, -0.05) is 24.4 Å². The molecule has 4 heteroatoms. The minimum Gasteiger partial charge on any atom is -0.409 e. The van der Waals surface area contributed by atoms with Crippen molar-refractivity contribution >= 4 is 5.84 Å². The Balaban J connectivity index is 2.14. The molecule has 0 aliphatic heterocycles. The molecule has 0 heterocycles. The molecule has 1 rings (SSSR count). The van der Waals surface area contributed by atoms with Crippen molar-refractivity contribution in [1.82, 2.24) is 5.32 Å². The highest BCUT2D eigenvalue weighted by atomic mass is 16.4. The standard InChI is InChI=1S/C11H23N3O/c1-9(10-5-3-2-4-6-10)13-8-7-11(12)14-15/h9-10,13,15H,2-8H2,1H3,(H2,12,14)/t9-/m0/s1. The molecule has 88 valence electrons. The van der Waals surface area contributed by atoms with Gasteiger partial charge in [-0.3, -0.25) is 0 Å². The number of nitrogens with zero attached hydrogens (tertiary/aromatic N) is 1. The molecular formula is C11H23N3O. The second-order valence-corrected chi connectivity index (χ2v) is 4.48. The minimum atomic E-state index is 0.304. The lowest BCUT2D eigenvalue weighted by Crippen LogP contribution is -2.36. The molecule has 1 saturated carbocycles. The van der Waals surface area contributed by atoms with E-state index in [1.54, 1.807) is 0 Å². The van der Waals surface area contributed by atoms with Gasteiger partial charge in [0.25, 0.3) is 0 Å². The normalized spacial score (nSPS) is 21.5. The number of nitrogens with one attached hydrogen (secondary N) is 1. The van der Waals surface area contributed by atoms with Crippen LogP contribution >= 0.6 is 0 Å². The van der Waals surface area contributed by atoms with Crippen molar-refractivity contribution in [3.8, 4) is 0 Å². The Kier molecular flexibility index (Phi) is 5.47. The van der Waals surface area contributed by atoms with E-state index in [1.165, 1.54) is 32.1 Å². The zero-order valence-corrected chi connectivity index (χ0v) is 9.58. The number of rotatable bonds is 5. The van der Waals surface area contributed by atoms with Crippen molar-refractivity contribution in [2.75, 3.05) is 6.54 Å². The Morgan fingerprint density at radius 1 is 1.47 bits per heavy atom. The van der Waals surface area contributed by atoms with Crippen molar-refractivity contribution in [1.29, 1.82) is 0 Å². The van der Waals surface area contributed by atoms with Gasteiger partial charge >= 0.3 is 0 Å². The number of oxime groups is 1. The number of amidine groups is 1. The van der Waals surface area contributed by atoms with E-state index in [-0.39, 0.29) is 0 Å². The first-order valence-electron chi connectivity index (χ1n) is 5.94. The fourth-order valence-electron chi connectivity index (χ4n) is 2.28. The Morgan fingerprint density at radius 3 is 2.73 bits per heavy atom. The first-order valence-corrected chi connectivity index (χ1v) is 5.94. The van der Waals surface area contributed by atoms with Crippen LogP contribution in [0.4, 0.5) is 0 Å². The van der Waals surface area contributed by atoms with Crippen LogP contribution < -0.4 is 11.1 Å². The van der Waals surface area contributed by atoms with Crippen LogP contribution in [0.3, 0.4) is 0 Å². The Labute approximate surface area is 91.9 Å². The molecule has 0 bridgehead atoms. The SMILES string of the molecule is C[C@H](NCCC(N)=NO)C1CCCCC1. The first-order chi connectivity index (χ1) is 7.24. The summed E-state index contributed by atoms with van der Waals surface area (Å²) in [6, 6.07) is 0.553. The fourth-order valence-corrected chi connectivity index (χ4v) is 2.28. The lowest BCUT2D eigenvalue weighted by Gasteiger charge is -2.28. The molecule has 1 aliphatic carbocycles.